The number of rotatable bonds is 3. The van der Waals surface area contributed by atoms with Crippen LogP contribution in [0.5, 0.6) is 0 Å². The summed E-state index contributed by atoms with van der Waals surface area (Å²) >= 11 is 0. The van der Waals surface area contributed by atoms with Crippen molar-refractivity contribution in [2.45, 2.75) is 12.3 Å². The van der Waals surface area contributed by atoms with Gasteiger partial charge in [0.2, 0.25) is 11.7 Å². The Balaban J connectivity index is 1.47. The third kappa shape index (κ3) is 2.66. The van der Waals surface area contributed by atoms with Crippen molar-refractivity contribution in [2.24, 2.45) is 7.05 Å². The SMILES string of the molecule is Cn1cc(C(=O)N2CC[C@H](c3nc(-c4ccccn4)no3)C2)cn1. The monoisotopic (exact) mass is 324 g/mol. The normalized spacial score (nSPS) is 17.4. The van der Waals surface area contributed by atoms with Crippen LogP contribution < -0.4 is 0 Å². The van der Waals surface area contributed by atoms with E-state index in [1.54, 1.807) is 35.2 Å². The topological polar surface area (TPSA) is 89.9 Å². The molecule has 0 saturated carbocycles. The minimum absolute atomic E-state index is 0.0185. The molecule has 1 fully saturated rings. The van der Waals surface area contributed by atoms with Gasteiger partial charge in [-0.3, -0.25) is 14.5 Å². The summed E-state index contributed by atoms with van der Waals surface area (Å²) in [7, 11) is 1.79. The standard InChI is InChI=1S/C16H16N6O2/c1-21-9-12(8-18-21)16(23)22-7-5-11(10-22)15-19-14(20-24-15)13-4-2-3-6-17-13/h2-4,6,8-9,11H,5,7,10H2,1H3/t11-/m0/s1. The summed E-state index contributed by atoms with van der Waals surface area (Å²) in [4.78, 5) is 22.9. The van der Waals surface area contributed by atoms with Gasteiger partial charge in [-0.25, -0.2) is 0 Å². The van der Waals surface area contributed by atoms with Crippen LogP contribution in [0.15, 0.2) is 41.3 Å². The highest BCUT2D eigenvalue weighted by Crippen LogP contribution is 2.28. The molecular formula is C16H16N6O2. The van der Waals surface area contributed by atoms with Gasteiger partial charge < -0.3 is 9.42 Å². The zero-order valence-corrected chi connectivity index (χ0v) is 13.2. The first-order valence-electron chi connectivity index (χ1n) is 7.73. The van der Waals surface area contributed by atoms with Crippen molar-refractivity contribution < 1.29 is 9.32 Å². The van der Waals surface area contributed by atoms with E-state index in [4.69, 9.17) is 4.52 Å². The van der Waals surface area contributed by atoms with Crippen LogP contribution in [-0.4, -0.2) is 48.8 Å². The first-order chi connectivity index (χ1) is 11.7. The number of nitrogens with zero attached hydrogens (tertiary/aromatic N) is 6. The van der Waals surface area contributed by atoms with Gasteiger partial charge in [-0.15, -0.1) is 0 Å². The molecule has 3 aromatic rings. The largest absolute Gasteiger partial charge is 0.339 e. The molecular weight excluding hydrogens is 308 g/mol. The average Bonchev–Trinajstić information content (AvgIpc) is 3.35. The lowest BCUT2D eigenvalue weighted by atomic mass is 10.1. The summed E-state index contributed by atoms with van der Waals surface area (Å²) in [6.45, 7) is 1.23. The Morgan fingerprint density at radius 2 is 2.29 bits per heavy atom. The van der Waals surface area contributed by atoms with Crippen LogP contribution in [0.2, 0.25) is 0 Å². The molecule has 0 aromatic carbocycles. The van der Waals surface area contributed by atoms with Gasteiger partial charge >= 0.3 is 0 Å². The molecule has 1 aliphatic rings. The lowest BCUT2D eigenvalue weighted by molar-refractivity contribution is 0.0789. The van der Waals surface area contributed by atoms with Crippen molar-refractivity contribution in [3.05, 3.63) is 48.2 Å². The molecule has 4 heterocycles. The van der Waals surface area contributed by atoms with Crippen molar-refractivity contribution in [3.8, 4) is 11.5 Å². The highest BCUT2D eigenvalue weighted by Gasteiger charge is 2.32. The molecule has 1 aliphatic heterocycles. The van der Waals surface area contributed by atoms with Crippen LogP contribution in [0.3, 0.4) is 0 Å². The maximum Gasteiger partial charge on any atom is 0.257 e. The Hall–Kier alpha value is -3.03. The van der Waals surface area contributed by atoms with Gasteiger partial charge in [0, 0.05) is 32.5 Å². The molecule has 1 atom stereocenters. The fourth-order valence-electron chi connectivity index (χ4n) is 2.86. The van der Waals surface area contributed by atoms with Crippen molar-refractivity contribution in [1.82, 2.24) is 29.8 Å². The van der Waals surface area contributed by atoms with Gasteiger partial charge in [-0.2, -0.15) is 10.1 Å². The van der Waals surface area contributed by atoms with Crippen molar-refractivity contribution in [1.29, 1.82) is 0 Å². The molecule has 1 amide bonds. The second-order valence-electron chi connectivity index (χ2n) is 5.81. The van der Waals surface area contributed by atoms with Gasteiger partial charge in [-0.05, 0) is 18.6 Å². The molecule has 8 heteroatoms. The predicted molar refractivity (Wildman–Crippen MR) is 84.0 cm³/mol. The Morgan fingerprint density at radius 1 is 1.38 bits per heavy atom. The number of hydrogen-bond acceptors (Lipinski definition) is 6. The molecule has 0 bridgehead atoms. The van der Waals surface area contributed by atoms with Crippen molar-refractivity contribution in [3.63, 3.8) is 0 Å². The zero-order valence-electron chi connectivity index (χ0n) is 13.2. The molecule has 24 heavy (non-hydrogen) atoms. The number of carbonyl (C=O) groups is 1. The minimum atomic E-state index is -0.0185. The minimum Gasteiger partial charge on any atom is -0.339 e. The van der Waals surface area contributed by atoms with E-state index in [1.807, 2.05) is 18.2 Å². The summed E-state index contributed by atoms with van der Waals surface area (Å²) in [6.07, 6.45) is 5.80. The van der Waals surface area contributed by atoms with Gasteiger partial charge in [0.15, 0.2) is 0 Å². The van der Waals surface area contributed by atoms with E-state index in [0.29, 0.717) is 36.1 Å². The third-order valence-electron chi connectivity index (χ3n) is 4.11. The van der Waals surface area contributed by atoms with Gasteiger partial charge in [-0.1, -0.05) is 11.2 Å². The van der Waals surface area contributed by atoms with Crippen molar-refractivity contribution in [2.75, 3.05) is 13.1 Å². The quantitative estimate of drug-likeness (QED) is 0.725. The van der Waals surface area contributed by atoms with Gasteiger partial charge in [0.05, 0.1) is 17.7 Å². The molecule has 122 valence electrons. The van der Waals surface area contributed by atoms with E-state index in [0.717, 1.165) is 6.42 Å². The van der Waals surface area contributed by atoms with E-state index in [1.165, 1.54) is 0 Å². The zero-order chi connectivity index (χ0) is 16.5. The second kappa shape index (κ2) is 5.88. The fraction of sp³-hybridized carbons (Fsp3) is 0.312. The predicted octanol–water partition coefficient (Wildman–Crippen LogP) is 1.49. The van der Waals surface area contributed by atoms with Crippen LogP contribution in [0.4, 0.5) is 0 Å². The summed E-state index contributed by atoms with van der Waals surface area (Å²) in [5, 5.41) is 8.04. The smallest absolute Gasteiger partial charge is 0.257 e. The summed E-state index contributed by atoms with van der Waals surface area (Å²) < 4.78 is 7.01. The Labute approximate surface area is 138 Å². The van der Waals surface area contributed by atoms with Crippen molar-refractivity contribution >= 4 is 5.91 Å². The fourth-order valence-corrected chi connectivity index (χ4v) is 2.86. The number of pyridine rings is 1. The van der Waals surface area contributed by atoms with Crippen LogP contribution >= 0.6 is 0 Å². The third-order valence-corrected chi connectivity index (χ3v) is 4.11. The van der Waals surface area contributed by atoms with E-state index in [9.17, 15) is 4.79 Å². The molecule has 0 spiro atoms. The summed E-state index contributed by atoms with van der Waals surface area (Å²) in [6, 6.07) is 5.55. The van der Waals surface area contributed by atoms with Crippen LogP contribution in [0, 0.1) is 0 Å². The van der Waals surface area contributed by atoms with E-state index < -0.39 is 0 Å². The maximum atomic E-state index is 12.5. The Morgan fingerprint density at radius 3 is 3.04 bits per heavy atom. The molecule has 0 unspecified atom stereocenters. The second-order valence-corrected chi connectivity index (χ2v) is 5.81. The maximum absolute atomic E-state index is 12.5. The highest BCUT2D eigenvalue weighted by atomic mass is 16.5. The molecule has 8 nitrogen and oxygen atoms in total. The van der Waals surface area contributed by atoms with Crippen LogP contribution in [0.25, 0.3) is 11.5 Å². The Kier molecular flexibility index (Phi) is 3.56. The summed E-state index contributed by atoms with van der Waals surface area (Å²) in [5.74, 6) is 1.06. The number of aryl methyl sites for hydroxylation is 1. The number of aromatic nitrogens is 5. The number of carbonyl (C=O) groups excluding carboxylic acids is 1. The molecule has 0 radical (unpaired) electrons. The summed E-state index contributed by atoms with van der Waals surface area (Å²) in [5.41, 5.74) is 1.27. The molecule has 4 rings (SSSR count). The average molecular weight is 324 g/mol. The number of hydrogen-bond donors (Lipinski definition) is 0. The Bertz CT molecular complexity index is 856. The molecule has 1 saturated heterocycles. The lowest BCUT2D eigenvalue weighted by Gasteiger charge is -2.14. The van der Waals surface area contributed by atoms with Crippen LogP contribution in [-0.2, 0) is 7.05 Å². The van der Waals surface area contributed by atoms with Crippen LogP contribution in [0.1, 0.15) is 28.6 Å². The van der Waals surface area contributed by atoms with E-state index in [2.05, 4.69) is 20.2 Å². The molecule has 0 aliphatic carbocycles. The number of amides is 1. The van der Waals surface area contributed by atoms with Gasteiger partial charge in [0.25, 0.3) is 5.91 Å². The first-order valence-corrected chi connectivity index (χ1v) is 7.73. The van der Waals surface area contributed by atoms with E-state index >= 15 is 0 Å². The lowest BCUT2D eigenvalue weighted by Crippen LogP contribution is -2.28. The molecule has 3 aromatic heterocycles. The van der Waals surface area contributed by atoms with E-state index in [-0.39, 0.29) is 11.8 Å². The van der Waals surface area contributed by atoms with Gasteiger partial charge in [0.1, 0.15) is 5.69 Å². The number of likely N-dealkylation sites (tertiary alicyclic amines) is 1. The molecule has 0 N–H and O–H groups in total. The highest BCUT2D eigenvalue weighted by molar-refractivity contribution is 5.93. The first kappa shape index (κ1) is 14.6.